The van der Waals surface area contributed by atoms with Crippen LogP contribution in [-0.2, 0) is 4.74 Å². The summed E-state index contributed by atoms with van der Waals surface area (Å²) in [7, 11) is 0. The van der Waals surface area contributed by atoms with E-state index in [-0.39, 0.29) is 0 Å². The van der Waals surface area contributed by atoms with Gasteiger partial charge in [0.15, 0.2) is 0 Å². The lowest BCUT2D eigenvalue weighted by molar-refractivity contribution is 0.266. The Kier molecular flexibility index (Phi) is 6.56. The van der Waals surface area contributed by atoms with Crippen LogP contribution < -0.4 is 0 Å². The molecule has 1 aromatic carbocycles. The minimum absolute atomic E-state index is 0.799. The average Bonchev–Trinajstić information content (AvgIpc) is 2.37. The van der Waals surface area contributed by atoms with Crippen LogP contribution in [0.25, 0.3) is 5.76 Å². The molecule has 0 bridgehead atoms. The van der Waals surface area contributed by atoms with Crippen molar-refractivity contribution in [3.8, 4) is 0 Å². The first-order chi connectivity index (χ1) is 8.69. The summed E-state index contributed by atoms with van der Waals surface area (Å²) in [6, 6.07) is 6.49. The summed E-state index contributed by atoms with van der Waals surface area (Å²) in [6.45, 7) is 10.9. The zero-order valence-corrected chi connectivity index (χ0v) is 12.0. The van der Waals surface area contributed by atoms with Crippen LogP contribution in [0.2, 0.25) is 0 Å². The van der Waals surface area contributed by atoms with E-state index in [4.69, 9.17) is 4.74 Å². The molecule has 0 amide bonds. The van der Waals surface area contributed by atoms with Crippen molar-refractivity contribution < 1.29 is 4.74 Å². The van der Waals surface area contributed by atoms with Crippen molar-refractivity contribution in [3.63, 3.8) is 0 Å². The van der Waals surface area contributed by atoms with Gasteiger partial charge in [-0.05, 0) is 44.9 Å². The van der Waals surface area contributed by atoms with Gasteiger partial charge in [0.2, 0.25) is 0 Å². The average molecular weight is 245 g/mol. The Bertz CT molecular complexity index is 391. The third-order valence-electron chi connectivity index (χ3n) is 3.07. The maximum atomic E-state index is 5.90. The van der Waals surface area contributed by atoms with Crippen LogP contribution in [-0.4, -0.2) is 6.61 Å². The highest BCUT2D eigenvalue weighted by Gasteiger charge is 2.05. The van der Waals surface area contributed by atoms with Crippen molar-refractivity contribution in [1.29, 1.82) is 0 Å². The molecule has 0 saturated carbocycles. The van der Waals surface area contributed by atoms with Crippen LogP contribution in [0, 0.1) is 20.8 Å². The highest BCUT2D eigenvalue weighted by atomic mass is 16.5. The molecule has 18 heavy (non-hydrogen) atoms. The largest absolute Gasteiger partial charge is 0.493 e. The Morgan fingerprint density at radius 2 is 2.00 bits per heavy atom. The summed E-state index contributed by atoms with van der Waals surface area (Å²) in [5, 5.41) is 0. The molecule has 0 fully saturated rings. The van der Waals surface area contributed by atoms with Crippen molar-refractivity contribution in [2.45, 2.75) is 46.5 Å². The van der Waals surface area contributed by atoms with Crippen molar-refractivity contribution in [3.05, 3.63) is 47.9 Å². The second-order valence-electron chi connectivity index (χ2n) is 4.73. The summed E-state index contributed by atoms with van der Waals surface area (Å²) >= 11 is 0. The minimum atomic E-state index is 0.799. The number of rotatable bonds is 7. The van der Waals surface area contributed by atoms with Gasteiger partial charge in [-0.1, -0.05) is 43.9 Å². The van der Waals surface area contributed by atoms with Crippen LogP contribution >= 0.6 is 0 Å². The van der Waals surface area contributed by atoms with Gasteiger partial charge in [-0.25, -0.2) is 0 Å². The van der Waals surface area contributed by atoms with E-state index in [0.717, 1.165) is 25.2 Å². The van der Waals surface area contributed by atoms with E-state index in [1.807, 2.05) is 6.92 Å². The van der Waals surface area contributed by atoms with Gasteiger partial charge in [0.1, 0.15) is 5.76 Å². The first-order valence-electron chi connectivity index (χ1n) is 6.85. The number of allylic oxidation sites excluding steroid dienone is 1. The van der Waals surface area contributed by atoms with E-state index in [9.17, 15) is 0 Å². The molecule has 1 nitrogen and oxygen atoms in total. The minimum Gasteiger partial charge on any atom is -0.493 e. The van der Waals surface area contributed by atoms with Crippen LogP contribution in [0.15, 0.2) is 24.3 Å². The molecule has 1 aromatic rings. The van der Waals surface area contributed by atoms with Gasteiger partial charge in [0.05, 0.1) is 6.61 Å². The zero-order valence-electron chi connectivity index (χ0n) is 12.0. The van der Waals surface area contributed by atoms with Crippen molar-refractivity contribution in [2.75, 3.05) is 6.61 Å². The topological polar surface area (TPSA) is 9.23 Å². The molecule has 0 aliphatic heterocycles. The van der Waals surface area contributed by atoms with E-state index < -0.39 is 0 Å². The van der Waals surface area contributed by atoms with Crippen LogP contribution in [0.1, 0.15) is 49.3 Å². The van der Waals surface area contributed by atoms with Gasteiger partial charge in [-0.3, -0.25) is 0 Å². The number of ether oxygens (including phenoxy) is 1. The Morgan fingerprint density at radius 1 is 1.22 bits per heavy atom. The van der Waals surface area contributed by atoms with E-state index in [1.165, 1.54) is 29.5 Å². The SMILES string of the molecule is [CH2]CCCCCOC(=CC)c1cc(C)ccc1C. The highest BCUT2D eigenvalue weighted by Crippen LogP contribution is 2.21. The lowest BCUT2D eigenvalue weighted by atomic mass is 10.0. The van der Waals surface area contributed by atoms with Crippen LogP contribution in [0.4, 0.5) is 0 Å². The van der Waals surface area contributed by atoms with E-state index >= 15 is 0 Å². The fourth-order valence-corrected chi connectivity index (χ4v) is 1.96. The fourth-order valence-electron chi connectivity index (χ4n) is 1.96. The fraction of sp³-hybridized carbons (Fsp3) is 0.471. The number of aryl methyl sites for hydroxylation is 2. The van der Waals surface area contributed by atoms with E-state index in [2.05, 4.69) is 45.0 Å². The number of benzene rings is 1. The smallest absolute Gasteiger partial charge is 0.122 e. The van der Waals surface area contributed by atoms with Crippen molar-refractivity contribution in [1.82, 2.24) is 0 Å². The Balaban J connectivity index is 2.58. The van der Waals surface area contributed by atoms with Crippen LogP contribution in [0.5, 0.6) is 0 Å². The zero-order chi connectivity index (χ0) is 13.4. The molecule has 1 heteroatoms. The Morgan fingerprint density at radius 3 is 2.67 bits per heavy atom. The second kappa shape index (κ2) is 7.97. The molecular weight excluding hydrogens is 220 g/mol. The molecule has 99 valence electrons. The molecule has 0 aliphatic carbocycles. The molecule has 0 saturated heterocycles. The summed E-state index contributed by atoms with van der Waals surface area (Å²) < 4.78 is 5.90. The lowest BCUT2D eigenvalue weighted by Crippen LogP contribution is -1.97. The molecule has 0 unspecified atom stereocenters. The van der Waals surface area contributed by atoms with Gasteiger partial charge in [0, 0.05) is 5.56 Å². The molecule has 0 spiro atoms. The molecule has 0 aliphatic rings. The third kappa shape index (κ3) is 4.56. The second-order valence-corrected chi connectivity index (χ2v) is 4.73. The van der Waals surface area contributed by atoms with Gasteiger partial charge >= 0.3 is 0 Å². The number of hydrogen-bond acceptors (Lipinski definition) is 1. The molecule has 0 heterocycles. The van der Waals surface area contributed by atoms with Crippen molar-refractivity contribution in [2.24, 2.45) is 0 Å². The molecule has 0 atom stereocenters. The Labute approximate surface area is 112 Å². The van der Waals surface area contributed by atoms with Crippen LogP contribution in [0.3, 0.4) is 0 Å². The number of unbranched alkanes of at least 4 members (excludes halogenated alkanes) is 3. The molecular formula is C17H25O. The maximum absolute atomic E-state index is 5.90. The predicted octanol–water partition coefficient (Wildman–Crippen LogP) is 5.08. The standard InChI is InChI=1S/C17H25O/c1-5-7-8-9-12-18-17(6-2)16-13-14(3)10-11-15(16)4/h6,10-11,13H,1,5,7-9,12H2,2-4H3. The first-order valence-corrected chi connectivity index (χ1v) is 6.85. The van der Waals surface area contributed by atoms with E-state index in [1.54, 1.807) is 0 Å². The summed E-state index contributed by atoms with van der Waals surface area (Å²) in [4.78, 5) is 0. The molecule has 0 aromatic heterocycles. The first kappa shape index (κ1) is 14.8. The Hall–Kier alpha value is -1.24. The van der Waals surface area contributed by atoms with Gasteiger partial charge in [-0.2, -0.15) is 0 Å². The predicted molar refractivity (Wildman–Crippen MR) is 79.3 cm³/mol. The third-order valence-corrected chi connectivity index (χ3v) is 3.07. The van der Waals surface area contributed by atoms with Gasteiger partial charge in [0.25, 0.3) is 0 Å². The quantitative estimate of drug-likeness (QED) is 0.481. The molecule has 1 rings (SSSR count). The normalized spacial score (nSPS) is 11.7. The summed E-state index contributed by atoms with van der Waals surface area (Å²) in [6.07, 6.45) is 6.58. The monoisotopic (exact) mass is 245 g/mol. The highest BCUT2D eigenvalue weighted by molar-refractivity contribution is 5.63. The number of hydrogen-bond donors (Lipinski definition) is 0. The van der Waals surface area contributed by atoms with Gasteiger partial charge in [-0.15, -0.1) is 0 Å². The lowest BCUT2D eigenvalue weighted by Gasteiger charge is -2.13. The summed E-state index contributed by atoms with van der Waals surface area (Å²) in [5.41, 5.74) is 3.76. The van der Waals surface area contributed by atoms with E-state index in [0.29, 0.717) is 0 Å². The maximum Gasteiger partial charge on any atom is 0.122 e. The molecule has 0 N–H and O–H groups in total. The van der Waals surface area contributed by atoms with Crippen molar-refractivity contribution >= 4 is 5.76 Å². The summed E-state index contributed by atoms with van der Waals surface area (Å²) in [5.74, 6) is 1.01. The van der Waals surface area contributed by atoms with Gasteiger partial charge < -0.3 is 4.74 Å². The molecule has 1 radical (unpaired) electrons.